The van der Waals surface area contributed by atoms with Crippen molar-refractivity contribution in [2.45, 2.75) is 51.2 Å². The molecule has 1 saturated heterocycles. The number of carbonyl (C=O) groups excluding carboxylic acids is 1. The molecule has 12 heteroatoms. The van der Waals surface area contributed by atoms with E-state index in [9.17, 15) is 18.8 Å². The molecule has 1 aliphatic heterocycles. The minimum Gasteiger partial charge on any atom is -0.382 e. The van der Waals surface area contributed by atoms with E-state index in [2.05, 4.69) is 30.9 Å². The van der Waals surface area contributed by atoms with Gasteiger partial charge in [0.1, 0.15) is 11.9 Å². The van der Waals surface area contributed by atoms with Crippen LogP contribution in [0.5, 0.6) is 0 Å². The fourth-order valence-corrected chi connectivity index (χ4v) is 4.91. The average molecular weight is 584 g/mol. The van der Waals surface area contributed by atoms with Gasteiger partial charge in [-0.15, -0.1) is 0 Å². The first-order valence-corrected chi connectivity index (χ1v) is 14.0. The van der Waals surface area contributed by atoms with Gasteiger partial charge < -0.3 is 21.7 Å². The van der Waals surface area contributed by atoms with E-state index < -0.39 is 23.6 Å². The SMILES string of the molecule is C[C@H](NC(=O)c1nc(C#N)cnc1NCc1ccc(-c2cnc(N)c(CCC3CCCN3)n2)cc1)c1ccc(F)c(F)c1. The molecular weight excluding hydrogens is 552 g/mol. The summed E-state index contributed by atoms with van der Waals surface area (Å²) in [5, 5.41) is 18.6. The molecule has 2 aromatic carbocycles. The maximum absolute atomic E-state index is 13.7. The largest absolute Gasteiger partial charge is 0.382 e. The number of aryl methyl sites for hydroxylation is 1. The molecule has 1 amide bonds. The summed E-state index contributed by atoms with van der Waals surface area (Å²) in [4.78, 5) is 30.6. The quantitative estimate of drug-likeness (QED) is 0.212. The van der Waals surface area contributed by atoms with Gasteiger partial charge in [-0.05, 0) is 62.4 Å². The number of anilines is 2. The summed E-state index contributed by atoms with van der Waals surface area (Å²) in [5.41, 5.74) is 9.65. The number of carbonyl (C=O) groups is 1. The van der Waals surface area contributed by atoms with Gasteiger partial charge in [0.05, 0.1) is 29.8 Å². The van der Waals surface area contributed by atoms with E-state index in [4.69, 9.17) is 10.7 Å². The molecule has 220 valence electrons. The Morgan fingerprint density at radius 1 is 1.14 bits per heavy atom. The smallest absolute Gasteiger partial charge is 0.274 e. The van der Waals surface area contributed by atoms with E-state index in [1.165, 1.54) is 25.1 Å². The predicted octanol–water partition coefficient (Wildman–Crippen LogP) is 4.45. The molecule has 0 saturated carbocycles. The van der Waals surface area contributed by atoms with Crippen LogP contribution in [0.15, 0.2) is 54.9 Å². The van der Waals surface area contributed by atoms with Crippen LogP contribution >= 0.6 is 0 Å². The third-order valence-electron chi connectivity index (χ3n) is 7.37. The van der Waals surface area contributed by atoms with Crippen LogP contribution in [0.2, 0.25) is 0 Å². The standard InChI is InChI=1S/C31H31F2N9O/c1-18(21-8-10-24(32)25(33)13-21)40-31(43)28-30(39-16-23(14-34)41-28)38-15-19-4-6-20(7-5-19)27-17-37-29(35)26(42-27)11-9-22-3-2-12-36-22/h4-8,10,13,16-18,22,36H,2-3,9,11-12,15H2,1H3,(H2,35,37)(H,38,39)(H,40,43)/t18-,22?/m0/s1. The highest BCUT2D eigenvalue weighted by molar-refractivity contribution is 5.97. The van der Waals surface area contributed by atoms with Gasteiger partial charge in [-0.25, -0.2) is 28.7 Å². The molecular formula is C31H31F2N9O. The number of nitrogens with zero attached hydrogens (tertiary/aromatic N) is 5. The zero-order chi connectivity index (χ0) is 30.3. The van der Waals surface area contributed by atoms with Crippen molar-refractivity contribution >= 4 is 17.5 Å². The van der Waals surface area contributed by atoms with Gasteiger partial charge in [0.15, 0.2) is 28.8 Å². The second kappa shape index (κ2) is 13.3. The number of halogens is 2. The molecule has 1 aliphatic rings. The predicted molar refractivity (Wildman–Crippen MR) is 158 cm³/mol. The van der Waals surface area contributed by atoms with Gasteiger partial charge in [-0.2, -0.15) is 5.26 Å². The van der Waals surface area contributed by atoms with Crippen molar-refractivity contribution in [2.75, 3.05) is 17.6 Å². The molecule has 0 spiro atoms. The Morgan fingerprint density at radius 3 is 2.67 bits per heavy atom. The number of amides is 1. The molecule has 4 aromatic rings. The summed E-state index contributed by atoms with van der Waals surface area (Å²) in [6, 6.07) is 12.8. The summed E-state index contributed by atoms with van der Waals surface area (Å²) in [7, 11) is 0. The summed E-state index contributed by atoms with van der Waals surface area (Å²) >= 11 is 0. The van der Waals surface area contributed by atoms with Gasteiger partial charge in [-0.3, -0.25) is 4.79 Å². The van der Waals surface area contributed by atoms with E-state index in [0.717, 1.165) is 54.0 Å². The Labute approximate surface area is 247 Å². The van der Waals surface area contributed by atoms with Crippen molar-refractivity contribution < 1.29 is 13.6 Å². The van der Waals surface area contributed by atoms with Crippen molar-refractivity contribution in [3.05, 3.63) is 94.7 Å². The van der Waals surface area contributed by atoms with Crippen LogP contribution in [0.3, 0.4) is 0 Å². The summed E-state index contributed by atoms with van der Waals surface area (Å²) in [6.07, 6.45) is 7.01. The number of benzene rings is 2. The molecule has 0 bridgehead atoms. The fourth-order valence-electron chi connectivity index (χ4n) is 4.91. The van der Waals surface area contributed by atoms with Crippen molar-refractivity contribution in [1.29, 1.82) is 5.26 Å². The molecule has 0 aliphatic carbocycles. The molecule has 5 N–H and O–H groups in total. The Bertz CT molecular complexity index is 1650. The zero-order valence-electron chi connectivity index (χ0n) is 23.6. The number of aromatic nitrogens is 4. The molecule has 1 fully saturated rings. The van der Waals surface area contributed by atoms with Crippen LogP contribution in [0.25, 0.3) is 11.3 Å². The number of nitriles is 1. The number of nitrogens with two attached hydrogens (primary N) is 1. The Kier molecular flexibility index (Phi) is 9.12. The molecule has 1 unspecified atom stereocenters. The van der Waals surface area contributed by atoms with Crippen molar-refractivity contribution in [3.63, 3.8) is 0 Å². The van der Waals surface area contributed by atoms with E-state index >= 15 is 0 Å². The van der Waals surface area contributed by atoms with Crippen LogP contribution in [0.4, 0.5) is 20.4 Å². The van der Waals surface area contributed by atoms with E-state index in [-0.39, 0.29) is 17.2 Å². The third kappa shape index (κ3) is 7.25. The second-order valence-electron chi connectivity index (χ2n) is 10.4. The van der Waals surface area contributed by atoms with Crippen LogP contribution in [0, 0.1) is 23.0 Å². The highest BCUT2D eigenvalue weighted by atomic mass is 19.2. The third-order valence-corrected chi connectivity index (χ3v) is 7.37. The van der Waals surface area contributed by atoms with Gasteiger partial charge in [0.25, 0.3) is 5.91 Å². The van der Waals surface area contributed by atoms with Gasteiger partial charge in [0.2, 0.25) is 0 Å². The number of hydrogen-bond acceptors (Lipinski definition) is 9. The number of nitrogens with one attached hydrogen (secondary N) is 3. The lowest BCUT2D eigenvalue weighted by Gasteiger charge is -2.16. The highest BCUT2D eigenvalue weighted by Gasteiger charge is 2.20. The maximum Gasteiger partial charge on any atom is 0.274 e. The Morgan fingerprint density at radius 2 is 1.95 bits per heavy atom. The summed E-state index contributed by atoms with van der Waals surface area (Å²) in [6.45, 7) is 2.99. The molecule has 3 heterocycles. The molecule has 10 nitrogen and oxygen atoms in total. The monoisotopic (exact) mass is 583 g/mol. The van der Waals surface area contributed by atoms with E-state index in [0.29, 0.717) is 24.0 Å². The molecule has 0 radical (unpaired) electrons. The molecule has 2 atom stereocenters. The minimum atomic E-state index is -1.01. The van der Waals surface area contributed by atoms with Crippen molar-refractivity contribution in [2.24, 2.45) is 0 Å². The second-order valence-corrected chi connectivity index (χ2v) is 10.4. The average Bonchev–Trinajstić information content (AvgIpc) is 3.55. The molecule has 43 heavy (non-hydrogen) atoms. The Hall–Kier alpha value is -5.02. The normalized spacial score (nSPS) is 15.1. The van der Waals surface area contributed by atoms with E-state index in [1.807, 2.05) is 30.3 Å². The lowest BCUT2D eigenvalue weighted by molar-refractivity contribution is 0.0935. The van der Waals surface area contributed by atoms with Crippen LogP contribution < -0.4 is 21.7 Å². The molecule has 2 aromatic heterocycles. The molecule has 5 rings (SSSR count). The first-order valence-electron chi connectivity index (χ1n) is 14.0. The first kappa shape index (κ1) is 29.5. The zero-order valence-corrected chi connectivity index (χ0v) is 23.6. The van der Waals surface area contributed by atoms with Gasteiger partial charge in [-0.1, -0.05) is 30.3 Å². The van der Waals surface area contributed by atoms with Gasteiger partial charge in [0, 0.05) is 18.2 Å². The van der Waals surface area contributed by atoms with Crippen molar-refractivity contribution in [3.8, 4) is 17.3 Å². The minimum absolute atomic E-state index is 0.0379. The van der Waals surface area contributed by atoms with E-state index in [1.54, 1.807) is 13.1 Å². The first-order chi connectivity index (χ1) is 20.8. The highest BCUT2D eigenvalue weighted by Crippen LogP contribution is 2.22. The van der Waals surface area contributed by atoms with Crippen LogP contribution in [-0.4, -0.2) is 38.4 Å². The lowest BCUT2D eigenvalue weighted by Crippen LogP contribution is -2.29. The van der Waals surface area contributed by atoms with Crippen LogP contribution in [0.1, 0.15) is 65.2 Å². The Balaban J connectivity index is 1.25. The number of rotatable bonds is 10. The number of nitrogen functional groups attached to an aromatic ring is 1. The fraction of sp³-hybridized carbons (Fsp3) is 0.290. The maximum atomic E-state index is 13.7. The summed E-state index contributed by atoms with van der Waals surface area (Å²) in [5.74, 6) is -2.00. The van der Waals surface area contributed by atoms with Crippen molar-refractivity contribution in [1.82, 2.24) is 30.6 Å². The topological polar surface area (TPSA) is 155 Å². The summed E-state index contributed by atoms with van der Waals surface area (Å²) < 4.78 is 27.0. The number of hydrogen-bond donors (Lipinski definition) is 4. The van der Waals surface area contributed by atoms with Gasteiger partial charge >= 0.3 is 0 Å². The van der Waals surface area contributed by atoms with Crippen LogP contribution in [-0.2, 0) is 13.0 Å². The lowest BCUT2D eigenvalue weighted by atomic mass is 10.1.